The fourth-order valence-electron chi connectivity index (χ4n) is 3.47. The lowest BCUT2D eigenvalue weighted by molar-refractivity contribution is -0.130. The molecule has 2 aromatic rings. The van der Waals surface area contributed by atoms with Crippen LogP contribution in [0.25, 0.3) is 0 Å². The van der Waals surface area contributed by atoms with Crippen LogP contribution in [0.2, 0.25) is 0 Å². The van der Waals surface area contributed by atoms with Crippen molar-refractivity contribution in [3.05, 3.63) is 59.8 Å². The highest BCUT2D eigenvalue weighted by atomic mass is 16.2. The van der Waals surface area contributed by atoms with E-state index in [1.807, 2.05) is 11.0 Å². The quantitative estimate of drug-likeness (QED) is 0.823. The van der Waals surface area contributed by atoms with Gasteiger partial charge in [-0.25, -0.2) is 4.98 Å². The summed E-state index contributed by atoms with van der Waals surface area (Å²) < 4.78 is 0. The first kappa shape index (κ1) is 18.9. The lowest BCUT2D eigenvalue weighted by Gasteiger charge is -2.32. The van der Waals surface area contributed by atoms with Crippen LogP contribution in [0.4, 0.5) is 5.82 Å². The Hall–Kier alpha value is -2.89. The lowest BCUT2D eigenvalue weighted by atomic mass is 9.90. The van der Waals surface area contributed by atoms with Crippen LogP contribution in [0, 0.1) is 5.92 Å². The molecule has 0 bridgehead atoms. The summed E-state index contributed by atoms with van der Waals surface area (Å²) in [5, 5.41) is 5.60. The SMILES string of the molecule is CNC(=O)c1cccnc1NCC(=O)N1CCC(Cc2ccccc2)CC1. The largest absolute Gasteiger partial charge is 0.360 e. The van der Waals surface area contributed by atoms with Crippen LogP contribution in [0.15, 0.2) is 48.7 Å². The number of benzene rings is 1. The first-order valence-electron chi connectivity index (χ1n) is 9.40. The van der Waals surface area contributed by atoms with E-state index in [0.717, 1.165) is 32.4 Å². The Morgan fingerprint density at radius 2 is 1.85 bits per heavy atom. The summed E-state index contributed by atoms with van der Waals surface area (Å²) in [5.41, 5.74) is 1.80. The smallest absolute Gasteiger partial charge is 0.254 e. The van der Waals surface area contributed by atoms with Gasteiger partial charge in [0.15, 0.2) is 0 Å². The summed E-state index contributed by atoms with van der Waals surface area (Å²) in [4.78, 5) is 30.5. The molecule has 1 saturated heterocycles. The van der Waals surface area contributed by atoms with Crippen molar-refractivity contribution >= 4 is 17.6 Å². The van der Waals surface area contributed by atoms with Crippen molar-refractivity contribution in [3.63, 3.8) is 0 Å². The molecule has 1 fully saturated rings. The molecule has 2 heterocycles. The maximum Gasteiger partial charge on any atom is 0.254 e. The van der Waals surface area contributed by atoms with Gasteiger partial charge in [0, 0.05) is 26.3 Å². The second-order valence-electron chi connectivity index (χ2n) is 6.85. The van der Waals surface area contributed by atoms with E-state index in [1.165, 1.54) is 5.56 Å². The first-order valence-corrected chi connectivity index (χ1v) is 9.40. The molecule has 1 aliphatic rings. The molecule has 0 saturated carbocycles. The zero-order valence-corrected chi connectivity index (χ0v) is 15.6. The van der Waals surface area contributed by atoms with Gasteiger partial charge >= 0.3 is 0 Å². The average molecular weight is 366 g/mol. The number of nitrogens with zero attached hydrogens (tertiary/aromatic N) is 2. The lowest BCUT2D eigenvalue weighted by Crippen LogP contribution is -2.41. The molecular weight excluding hydrogens is 340 g/mol. The predicted molar refractivity (Wildman–Crippen MR) is 106 cm³/mol. The molecule has 1 aromatic carbocycles. The molecule has 142 valence electrons. The van der Waals surface area contributed by atoms with E-state index in [2.05, 4.69) is 39.9 Å². The number of anilines is 1. The topological polar surface area (TPSA) is 74.3 Å². The van der Waals surface area contributed by atoms with Crippen LogP contribution in [0.3, 0.4) is 0 Å². The Morgan fingerprint density at radius 1 is 1.11 bits per heavy atom. The number of rotatable bonds is 6. The molecule has 2 amide bonds. The van der Waals surface area contributed by atoms with E-state index in [0.29, 0.717) is 17.3 Å². The Morgan fingerprint density at radius 3 is 2.56 bits per heavy atom. The summed E-state index contributed by atoms with van der Waals surface area (Å²) in [5.74, 6) is 0.880. The number of aromatic nitrogens is 1. The minimum absolute atomic E-state index is 0.0432. The Kier molecular flexibility index (Phi) is 6.41. The van der Waals surface area contributed by atoms with Crippen molar-refractivity contribution < 1.29 is 9.59 Å². The van der Waals surface area contributed by atoms with E-state index in [1.54, 1.807) is 25.4 Å². The van der Waals surface area contributed by atoms with E-state index < -0.39 is 0 Å². The summed E-state index contributed by atoms with van der Waals surface area (Å²) in [6.45, 7) is 1.70. The van der Waals surface area contributed by atoms with Gasteiger partial charge in [-0.1, -0.05) is 30.3 Å². The highest BCUT2D eigenvalue weighted by Gasteiger charge is 2.23. The minimum atomic E-state index is -0.222. The third kappa shape index (κ3) is 5.06. The van der Waals surface area contributed by atoms with Crippen molar-refractivity contribution in [1.29, 1.82) is 0 Å². The van der Waals surface area contributed by atoms with Crippen LogP contribution >= 0.6 is 0 Å². The Balaban J connectivity index is 1.48. The van der Waals surface area contributed by atoms with Gasteiger partial charge in [0.2, 0.25) is 5.91 Å². The van der Waals surface area contributed by atoms with E-state index in [4.69, 9.17) is 0 Å². The van der Waals surface area contributed by atoms with E-state index in [9.17, 15) is 9.59 Å². The fourth-order valence-corrected chi connectivity index (χ4v) is 3.47. The fraction of sp³-hybridized carbons (Fsp3) is 0.381. The molecular formula is C21H26N4O2. The number of carbonyl (C=O) groups excluding carboxylic acids is 2. The van der Waals surface area contributed by atoms with Crippen LogP contribution in [0.5, 0.6) is 0 Å². The zero-order valence-electron chi connectivity index (χ0n) is 15.6. The number of nitrogens with one attached hydrogen (secondary N) is 2. The first-order chi connectivity index (χ1) is 13.2. The number of likely N-dealkylation sites (tertiary alicyclic amines) is 1. The standard InChI is InChI=1S/C21H26N4O2/c1-22-21(27)18-8-5-11-23-20(18)24-15-19(26)25-12-9-17(10-13-25)14-16-6-3-2-4-7-16/h2-8,11,17H,9-10,12-15H2,1H3,(H,22,27)(H,23,24). The monoisotopic (exact) mass is 366 g/mol. The molecule has 3 rings (SSSR count). The molecule has 2 N–H and O–H groups in total. The van der Waals surface area contributed by atoms with Crippen LogP contribution in [0.1, 0.15) is 28.8 Å². The van der Waals surface area contributed by atoms with Crippen LogP contribution in [-0.4, -0.2) is 48.4 Å². The molecule has 1 aromatic heterocycles. The number of hydrogen-bond donors (Lipinski definition) is 2. The summed E-state index contributed by atoms with van der Waals surface area (Å²) in [6.07, 6.45) is 4.72. The molecule has 6 heteroatoms. The number of pyridine rings is 1. The Labute approximate surface area is 160 Å². The number of carbonyl (C=O) groups is 2. The zero-order chi connectivity index (χ0) is 19.1. The number of hydrogen-bond acceptors (Lipinski definition) is 4. The molecule has 0 aliphatic carbocycles. The average Bonchev–Trinajstić information content (AvgIpc) is 2.73. The molecule has 0 spiro atoms. The summed E-state index contributed by atoms with van der Waals surface area (Å²) in [6, 6.07) is 13.9. The second kappa shape index (κ2) is 9.16. The van der Waals surface area contributed by atoms with Gasteiger partial charge in [-0.2, -0.15) is 0 Å². The van der Waals surface area contributed by atoms with Gasteiger partial charge in [0.05, 0.1) is 12.1 Å². The second-order valence-corrected chi connectivity index (χ2v) is 6.85. The van der Waals surface area contributed by atoms with Crippen molar-refractivity contribution in [2.45, 2.75) is 19.3 Å². The van der Waals surface area contributed by atoms with Crippen molar-refractivity contribution in [2.75, 3.05) is 32.0 Å². The molecule has 6 nitrogen and oxygen atoms in total. The maximum absolute atomic E-state index is 12.5. The van der Waals surface area contributed by atoms with E-state index in [-0.39, 0.29) is 18.4 Å². The number of piperidine rings is 1. The minimum Gasteiger partial charge on any atom is -0.360 e. The van der Waals surface area contributed by atoms with Gasteiger partial charge < -0.3 is 15.5 Å². The van der Waals surface area contributed by atoms with Gasteiger partial charge in [0.25, 0.3) is 5.91 Å². The van der Waals surface area contributed by atoms with Gasteiger partial charge in [0.1, 0.15) is 5.82 Å². The number of amides is 2. The molecule has 0 radical (unpaired) electrons. The van der Waals surface area contributed by atoms with Gasteiger partial charge in [-0.3, -0.25) is 9.59 Å². The highest BCUT2D eigenvalue weighted by molar-refractivity contribution is 5.99. The molecule has 1 aliphatic heterocycles. The van der Waals surface area contributed by atoms with Gasteiger partial charge in [-0.05, 0) is 42.9 Å². The summed E-state index contributed by atoms with van der Waals surface area (Å²) in [7, 11) is 1.57. The molecule has 0 unspecified atom stereocenters. The molecule has 27 heavy (non-hydrogen) atoms. The van der Waals surface area contributed by atoms with Crippen LogP contribution in [-0.2, 0) is 11.2 Å². The van der Waals surface area contributed by atoms with Crippen molar-refractivity contribution in [2.24, 2.45) is 5.92 Å². The third-order valence-electron chi connectivity index (χ3n) is 5.02. The Bertz CT molecular complexity index is 771. The summed E-state index contributed by atoms with van der Waals surface area (Å²) >= 11 is 0. The maximum atomic E-state index is 12.5. The van der Waals surface area contributed by atoms with E-state index >= 15 is 0 Å². The van der Waals surface area contributed by atoms with Crippen molar-refractivity contribution in [3.8, 4) is 0 Å². The predicted octanol–water partition coefficient (Wildman–Crippen LogP) is 2.33. The van der Waals surface area contributed by atoms with Gasteiger partial charge in [-0.15, -0.1) is 0 Å². The molecule has 0 atom stereocenters. The van der Waals surface area contributed by atoms with Crippen LogP contribution < -0.4 is 10.6 Å². The van der Waals surface area contributed by atoms with Crippen molar-refractivity contribution in [1.82, 2.24) is 15.2 Å². The third-order valence-corrected chi connectivity index (χ3v) is 5.02. The normalized spacial score (nSPS) is 14.6. The highest BCUT2D eigenvalue weighted by Crippen LogP contribution is 2.22.